The molecule has 0 atom stereocenters. The highest BCUT2D eigenvalue weighted by Gasteiger charge is 2.07. The molecule has 0 aliphatic rings. The third-order valence-electron chi connectivity index (χ3n) is 3.35. The van der Waals surface area contributed by atoms with Gasteiger partial charge in [0.1, 0.15) is 0 Å². The molecule has 3 heteroatoms. The highest BCUT2D eigenvalue weighted by Crippen LogP contribution is 2.32. The van der Waals surface area contributed by atoms with Gasteiger partial charge in [0, 0.05) is 27.1 Å². The highest BCUT2D eigenvalue weighted by atomic mass is 32.2. The number of nitrogens with zero attached hydrogens (tertiary/aromatic N) is 1. The van der Waals surface area contributed by atoms with Crippen molar-refractivity contribution in [1.29, 1.82) is 0 Å². The maximum atomic E-state index is 11.4. The van der Waals surface area contributed by atoms with Crippen LogP contribution in [0.1, 0.15) is 15.9 Å². The lowest BCUT2D eigenvalue weighted by molar-refractivity contribution is 0.112. The minimum Gasteiger partial charge on any atom is -0.298 e. The normalized spacial score (nSPS) is 10.4. The number of benzene rings is 2. The first kappa shape index (κ1) is 14.5. The largest absolute Gasteiger partial charge is 0.298 e. The fraction of sp³-hybridized carbons (Fsp3) is 0.0526. The number of pyridine rings is 1. The molecule has 0 aliphatic heterocycles. The number of hydrogen-bond acceptors (Lipinski definition) is 3. The van der Waals surface area contributed by atoms with Crippen LogP contribution in [0.25, 0.3) is 11.3 Å². The van der Waals surface area contributed by atoms with Crippen LogP contribution in [-0.2, 0) is 0 Å². The Bertz CT molecular complexity index is 782. The fourth-order valence-corrected chi connectivity index (χ4v) is 3.05. The average molecular weight is 305 g/mol. The summed E-state index contributed by atoms with van der Waals surface area (Å²) in [5, 5.41) is 0. The van der Waals surface area contributed by atoms with E-state index in [0.29, 0.717) is 5.56 Å². The predicted octanol–water partition coefficient (Wildman–Crippen LogP) is 5.02. The first-order valence-corrected chi connectivity index (χ1v) is 7.83. The van der Waals surface area contributed by atoms with Gasteiger partial charge in [-0.2, -0.15) is 0 Å². The molecule has 3 aromatic rings. The summed E-state index contributed by atoms with van der Waals surface area (Å²) in [4.78, 5) is 17.8. The first-order valence-electron chi connectivity index (χ1n) is 7.01. The number of aldehydes is 1. The molecule has 0 spiro atoms. The van der Waals surface area contributed by atoms with Crippen molar-refractivity contribution in [2.45, 2.75) is 16.7 Å². The molecule has 3 rings (SSSR count). The number of hydrogen-bond donors (Lipinski definition) is 0. The van der Waals surface area contributed by atoms with Crippen molar-refractivity contribution in [3.63, 3.8) is 0 Å². The lowest BCUT2D eigenvalue weighted by atomic mass is 10.1. The number of carbonyl (C=O) groups excluding carboxylic acids is 1. The Morgan fingerprint density at radius 2 is 1.82 bits per heavy atom. The van der Waals surface area contributed by atoms with Gasteiger partial charge in [-0.15, -0.1) is 0 Å². The SMILES string of the molecule is Cc1ccc(Sc2ccc(-c3ccccn3)cc2C=O)cc1. The van der Waals surface area contributed by atoms with E-state index in [9.17, 15) is 4.79 Å². The highest BCUT2D eigenvalue weighted by molar-refractivity contribution is 7.99. The number of aromatic nitrogens is 1. The second-order valence-electron chi connectivity index (χ2n) is 5.00. The molecule has 1 aromatic heterocycles. The molecular formula is C19H15NOS. The van der Waals surface area contributed by atoms with Crippen LogP contribution in [0.2, 0.25) is 0 Å². The summed E-state index contributed by atoms with van der Waals surface area (Å²) in [6.07, 6.45) is 2.66. The van der Waals surface area contributed by atoms with E-state index < -0.39 is 0 Å². The van der Waals surface area contributed by atoms with Crippen molar-refractivity contribution in [2.24, 2.45) is 0 Å². The summed E-state index contributed by atoms with van der Waals surface area (Å²) >= 11 is 1.60. The van der Waals surface area contributed by atoms with Gasteiger partial charge in [-0.3, -0.25) is 9.78 Å². The van der Waals surface area contributed by atoms with Crippen LogP contribution >= 0.6 is 11.8 Å². The topological polar surface area (TPSA) is 30.0 Å². The van der Waals surface area contributed by atoms with Crippen LogP contribution < -0.4 is 0 Å². The zero-order valence-electron chi connectivity index (χ0n) is 12.2. The Morgan fingerprint density at radius 3 is 2.50 bits per heavy atom. The van der Waals surface area contributed by atoms with Crippen molar-refractivity contribution in [1.82, 2.24) is 4.98 Å². The van der Waals surface area contributed by atoms with Crippen molar-refractivity contribution in [2.75, 3.05) is 0 Å². The molecule has 0 N–H and O–H groups in total. The zero-order chi connectivity index (χ0) is 15.4. The zero-order valence-corrected chi connectivity index (χ0v) is 13.0. The standard InChI is InChI=1S/C19H15NOS/c1-14-5-8-17(9-6-14)22-19-10-7-15(12-16(19)13-21)18-4-2-3-11-20-18/h2-13H,1H3. The monoisotopic (exact) mass is 305 g/mol. The van der Waals surface area contributed by atoms with E-state index in [1.165, 1.54) is 5.56 Å². The molecule has 2 aromatic carbocycles. The van der Waals surface area contributed by atoms with Crippen LogP contribution in [0.4, 0.5) is 0 Å². The summed E-state index contributed by atoms with van der Waals surface area (Å²) in [5.41, 5.74) is 3.74. The van der Waals surface area contributed by atoms with Crippen molar-refractivity contribution in [3.8, 4) is 11.3 Å². The van der Waals surface area contributed by atoms with E-state index in [4.69, 9.17) is 0 Å². The molecule has 0 saturated heterocycles. The van der Waals surface area contributed by atoms with E-state index in [2.05, 4.69) is 36.2 Å². The van der Waals surface area contributed by atoms with Crippen molar-refractivity contribution < 1.29 is 4.79 Å². The summed E-state index contributed by atoms with van der Waals surface area (Å²) in [5.74, 6) is 0. The second kappa shape index (κ2) is 6.58. The van der Waals surface area contributed by atoms with Gasteiger partial charge in [-0.25, -0.2) is 0 Å². The van der Waals surface area contributed by atoms with Gasteiger partial charge in [-0.05, 0) is 43.3 Å². The van der Waals surface area contributed by atoms with E-state index in [1.54, 1.807) is 18.0 Å². The van der Waals surface area contributed by atoms with Crippen molar-refractivity contribution >= 4 is 18.0 Å². The maximum Gasteiger partial charge on any atom is 0.151 e. The van der Waals surface area contributed by atoms with Gasteiger partial charge in [0.05, 0.1) is 5.69 Å². The third kappa shape index (κ3) is 3.26. The molecule has 0 unspecified atom stereocenters. The Hall–Kier alpha value is -2.39. The molecule has 0 fully saturated rings. The van der Waals surface area contributed by atoms with Gasteiger partial charge in [0.25, 0.3) is 0 Å². The molecule has 22 heavy (non-hydrogen) atoms. The minimum absolute atomic E-state index is 0.689. The van der Waals surface area contributed by atoms with E-state index in [1.807, 2.05) is 36.4 Å². The lowest BCUT2D eigenvalue weighted by Crippen LogP contribution is -1.89. The summed E-state index contributed by atoms with van der Waals surface area (Å²) in [7, 11) is 0. The summed E-state index contributed by atoms with van der Waals surface area (Å²) in [6.45, 7) is 2.06. The molecule has 0 bridgehead atoms. The minimum atomic E-state index is 0.689. The van der Waals surface area contributed by atoms with Crippen LogP contribution in [0.5, 0.6) is 0 Å². The molecule has 0 aliphatic carbocycles. The summed E-state index contributed by atoms with van der Waals surface area (Å²) in [6, 6.07) is 19.9. The molecule has 0 radical (unpaired) electrons. The van der Waals surface area contributed by atoms with Gasteiger partial charge in [0.15, 0.2) is 6.29 Å². The summed E-state index contributed by atoms with van der Waals surface area (Å²) < 4.78 is 0. The molecule has 108 valence electrons. The number of aryl methyl sites for hydroxylation is 1. The van der Waals surface area contributed by atoms with E-state index >= 15 is 0 Å². The predicted molar refractivity (Wildman–Crippen MR) is 90.4 cm³/mol. The van der Waals surface area contributed by atoms with Gasteiger partial charge < -0.3 is 0 Å². The maximum absolute atomic E-state index is 11.4. The Kier molecular flexibility index (Phi) is 4.35. The van der Waals surface area contributed by atoms with Crippen LogP contribution in [0, 0.1) is 6.92 Å². The van der Waals surface area contributed by atoms with Gasteiger partial charge in [0.2, 0.25) is 0 Å². The van der Waals surface area contributed by atoms with Gasteiger partial charge >= 0.3 is 0 Å². The first-order chi connectivity index (χ1) is 10.8. The van der Waals surface area contributed by atoms with Crippen molar-refractivity contribution in [3.05, 3.63) is 78.0 Å². The quantitative estimate of drug-likeness (QED) is 0.634. The lowest BCUT2D eigenvalue weighted by Gasteiger charge is -2.08. The van der Waals surface area contributed by atoms with Crippen LogP contribution in [-0.4, -0.2) is 11.3 Å². The average Bonchev–Trinajstić information content (AvgIpc) is 2.58. The Morgan fingerprint density at radius 1 is 1.00 bits per heavy atom. The van der Waals surface area contributed by atoms with Crippen LogP contribution in [0.3, 0.4) is 0 Å². The number of rotatable bonds is 4. The molecule has 0 amide bonds. The van der Waals surface area contributed by atoms with Gasteiger partial charge in [-0.1, -0.05) is 41.6 Å². The van der Waals surface area contributed by atoms with E-state index in [0.717, 1.165) is 27.3 Å². The Labute approximate surface area is 134 Å². The van der Waals surface area contributed by atoms with Crippen LogP contribution in [0.15, 0.2) is 76.7 Å². The number of carbonyl (C=O) groups is 1. The third-order valence-corrected chi connectivity index (χ3v) is 4.45. The molecule has 1 heterocycles. The second-order valence-corrected chi connectivity index (χ2v) is 6.12. The fourth-order valence-electron chi connectivity index (χ4n) is 2.16. The molecular weight excluding hydrogens is 290 g/mol. The van der Waals surface area contributed by atoms with E-state index in [-0.39, 0.29) is 0 Å². The smallest absolute Gasteiger partial charge is 0.151 e. The molecule has 0 saturated carbocycles. The molecule has 2 nitrogen and oxygen atoms in total. The Balaban J connectivity index is 1.92.